The lowest BCUT2D eigenvalue weighted by atomic mass is 10.2. The molecule has 0 amide bonds. The van der Waals surface area contributed by atoms with E-state index in [1.807, 2.05) is 6.92 Å². The smallest absolute Gasteiger partial charge is 0.119 e. The van der Waals surface area contributed by atoms with Crippen LogP contribution < -0.4 is 15.3 Å². The van der Waals surface area contributed by atoms with E-state index < -0.39 is 0 Å². The lowest BCUT2D eigenvalue weighted by Crippen LogP contribution is -2.12. The number of ether oxygens (including phenoxy) is 1. The highest BCUT2D eigenvalue weighted by atomic mass is 31.1. The van der Waals surface area contributed by atoms with Crippen LogP contribution in [0.1, 0.15) is 12.5 Å². The van der Waals surface area contributed by atoms with Crippen molar-refractivity contribution in [3.8, 4) is 5.75 Å². The molecule has 116 valence electrons. The zero-order valence-corrected chi connectivity index (χ0v) is 14.2. The fourth-order valence-electron chi connectivity index (χ4n) is 2.59. The van der Waals surface area contributed by atoms with Crippen molar-refractivity contribution in [2.75, 3.05) is 6.61 Å². The van der Waals surface area contributed by atoms with Gasteiger partial charge in [0.15, 0.2) is 0 Å². The van der Waals surface area contributed by atoms with Crippen molar-refractivity contribution in [3.05, 3.63) is 90.5 Å². The Morgan fingerprint density at radius 1 is 0.696 bits per heavy atom. The van der Waals surface area contributed by atoms with E-state index in [1.165, 1.54) is 16.2 Å². The molecular weight excluding hydrogens is 299 g/mol. The first kappa shape index (κ1) is 15.8. The van der Waals surface area contributed by atoms with Gasteiger partial charge < -0.3 is 4.74 Å². The SMILES string of the molecule is CCOc1ccc(CP(c2ccccc2)c2ccccc2)cc1. The monoisotopic (exact) mass is 320 g/mol. The van der Waals surface area contributed by atoms with Gasteiger partial charge in [0, 0.05) is 6.16 Å². The van der Waals surface area contributed by atoms with E-state index in [9.17, 15) is 0 Å². The van der Waals surface area contributed by atoms with Crippen LogP contribution in [-0.4, -0.2) is 6.61 Å². The fraction of sp³-hybridized carbons (Fsp3) is 0.143. The van der Waals surface area contributed by atoms with Crippen molar-refractivity contribution in [2.24, 2.45) is 0 Å². The summed E-state index contributed by atoms with van der Waals surface area (Å²) in [7, 11) is -0.385. The maximum absolute atomic E-state index is 5.54. The molecule has 3 aromatic carbocycles. The van der Waals surface area contributed by atoms with Crippen LogP contribution in [0.5, 0.6) is 5.75 Å². The van der Waals surface area contributed by atoms with Crippen LogP contribution in [0.15, 0.2) is 84.9 Å². The Balaban J connectivity index is 1.87. The minimum Gasteiger partial charge on any atom is -0.494 e. The summed E-state index contributed by atoms with van der Waals surface area (Å²) in [5, 5.41) is 2.84. The van der Waals surface area contributed by atoms with Crippen molar-refractivity contribution in [3.63, 3.8) is 0 Å². The molecule has 0 aliphatic rings. The summed E-state index contributed by atoms with van der Waals surface area (Å²) >= 11 is 0. The van der Waals surface area contributed by atoms with Crippen LogP contribution in [0.2, 0.25) is 0 Å². The Labute approximate surface area is 139 Å². The Morgan fingerprint density at radius 2 is 1.22 bits per heavy atom. The van der Waals surface area contributed by atoms with E-state index in [0.717, 1.165) is 11.9 Å². The molecule has 0 aliphatic heterocycles. The largest absolute Gasteiger partial charge is 0.494 e. The van der Waals surface area contributed by atoms with Gasteiger partial charge in [0.1, 0.15) is 5.75 Å². The van der Waals surface area contributed by atoms with Crippen molar-refractivity contribution in [2.45, 2.75) is 13.1 Å². The number of hydrogen-bond acceptors (Lipinski definition) is 1. The predicted molar refractivity (Wildman–Crippen MR) is 100 cm³/mol. The summed E-state index contributed by atoms with van der Waals surface area (Å²) in [4.78, 5) is 0. The summed E-state index contributed by atoms with van der Waals surface area (Å²) in [5.74, 6) is 0.944. The molecule has 0 bridgehead atoms. The maximum Gasteiger partial charge on any atom is 0.119 e. The van der Waals surface area contributed by atoms with E-state index in [0.29, 0.717) is 6.61 Å². The molecule has 0 heterocycles. The molecule has 0 atom stereocenters. The summed E-state index contributed by atoms with van der Waals surface area (Å²) < 4.78 is 5.54. The Kier molecular flexibility index (Phi) is 5.45. The van der Waals surface area contributed by atoms with Gasteiger partial charge in [-0.3, -0.25) is 0 Å². The summed E-state index contributed by atoms with van der Waals surface area (Å²) in [6.45, 7) is 2.72. The molecule has 3 aromatic rings. The molecule has 23 heavy (non-hydrogen) atoms. The molecule has 0 fully saturated rings. The minimum atomic E-state index is -0.385. The molecule has 1 nitrogen and oxygen atoms in total. The second kappa shape index (κ2) is 7.94. The quantitative estimate of drug-likeness (QED) is 0.597. The average molecular weight is 320 g/mol. The first-order valence-electron chi connectivity index (χ1n) is 7.96. The topological polar surface area (TPSA) is 9.23 Å². The first-order chi connectivity index (χ1) is 11.4. The van der Waals surface area contributed by atoms with Crippen molar-refractivity contribution in [1.82, 2.24) is 0 Å². The molecule has 2 heteroatoms. The van der Waals surface area contributed by atoms with E-state index >= 15 is 0 Å². The molecule has 0 saturated heterocycles. The zero-order chi connectivity index (χ0) is 15.9. The second-order valence-electron chi connectivity index (χ2n) is 5.33. The third-order valence-electron chi connectivity index (χ3n) is 3.71. The molecule has 0 unspecified atom stereocenters. The molecule has 0 N–H and O–H groups in total. The maximum atomic E-state index is 5.54. The van der Waals surface area contributed by atoms with Gasteiger partial charge in [0.25, 0.3) is 0 Å². The molecule has 0 spiro atoms. The fourth-order valence-corrected chi connectivity index (χ4v) is 4.89. The summed E-state index contributed by atoms with van der Waals surface area (Å²) in [6.07, 6.45) is 1.05. The molecule has 3 rings (SSSR count). The van der Waals surface area contributed by atoms with Crippen LogP contribution in [0.4, 0.5) is 0 Å². The number of benzene rings is 3. The van der Waals surface area contributed by atoms with Gasteiger partial charge in [-0.25, -0.2) is 0 Å². The Morgan fingerprint density at radius 3 is 1.70 bits per heavy atom. The Bertz CT molecular complexity index is 668. The van der Waals surface area contributed by atoms with Crippen molar-refractivity contribution < 1.29 is 4.74 Å². The van der Waals surface area contributed by atoms with Crippen LogP contribution in [0.25, 0.3) is 0 Å². The number of rotatable bonds is 6. The second-order valence-corrected chi connectivity index (χ2v) is 7.54. The highest BCUT2D eigenvalue weighted by Crippen LogP contribution is 2.37. The van der Waals surface area contributed by atoms with Gasteiger partial charge in [-0.2, -0.15) is 0 Å². The van der Waals surface area contributed by atoms with E-state index in [4.69, 9.17) is 4.74 Å². The highest BCUT2D eigenvalue weighted by Gasteiger charge is 2.14. The average Bonchev–Trinajstić information content (AvgIpc) is 2.63. The Hall–Kier alpha value is -2.11. The van der Waals surface area contributed by atoms with Crippen LogP contribution in [-0.2, 0) is 6.16 Å². The summed E-state index contributed by atoms with van der Waals surface area (Å²) in [5.41, 5.74) is 1.35. The first-order valence-corrected chi connectivity index (χ1v) is 9.49. The predicted octanol–water partition coefficient (Wildman–Crippen LogP) is 4.72. The van der Waals surface area contributed by atoms with E-state index in [2.05, 4.69) is 84.9 Å². The molecule has 0 radical (unpaired) electrons. The normalized spacial score (nSPS) is 10.7. The van der Waals surface area contributed by atoms with Crippen LogP contribution >= 0.6 is 7.92 Å². The third-order valence-corrected chi connectivity index (χ3v) is 6.24. The van der Waals surface area contributed by atoms with Crippen molar-refractivity contribution >= 4 is 18.5 Å². The zero-order valence-electron chi connectivity index (χ0n) is 13.4. The van der Waals surface area contributed by atoms with Crippen LogP contribution in [0.3, 0.4) is 0 Å². The number of hydrogen-bond donors (Lipinski definition) is 0. The van der Waals surface area contributed by atoms with Crippen LogP contribution in [0, 0.1) is 0 Å². The van der Waals surface area contributed by atoms with Gasteiger partial charge in [0.2, 0.25) is 0 Å². The standard InChI is InChI=1S/C21H21OP/c1-2-22-19-15-13-18(14-16-19)17-23(20-9-5-3-6-10-20)21-11-7-4-8-12-21/h3-16H,2,17H2,1H3. The highest BCUT2D eigenvalue weighted by molar-refractivity contribution is 7.72. The van der Waals surface area contributed by atoms with E-state index in [1.54, 1.807) is 0 Å². The van der Waals surface area contributed by atoms with Gasteiger partial charge in [-0.15, -0.1) is 0 Å². The van der Waals surface area contributed by atoms with Gasteiger partial charge in [-0.05, 0) is 43.2 Å². The van der Waals surface area contributed by atoms with Gasteiger partial charge in [0.05, 0.1) is 6.61 Å². The van der Waals surface area contributed by atoms with Crippen molar-refractivity contribution in [1.29, 1.82) is 0 Å². The minimum absolute atomic E-state index is 0.385. The molecular formula is C21H21OP. The van der Waals surface area contributed by atoms with E-state index in [-0.39, 0.29) is 7.92 Å². The lowest BCUT2D eigenvalue weighted by Gasteiger charge is -2.19. The summed E-state index contributed by atoms with van der Waals surface area (Å²) in [6, 6.07) is 30.2. The lowest BCUT2D eigenvalue weighted by molar-refractivity contribution is 0.340. The molecule has 0 aromatic heterocycles. The molecule has 0 saturated carbocycles. The molecule has 0 aliphatic carbocycles. The van der Waals surface area contributed by atoms with Gasteiger partial charge in [-0.1, -0.05) is 72.8 Å². The van der Waals surface area contributed by atoms with Gasteiger partial charge >= 0.3 is 0 Å². The third kappa shape index (κ3) is 4.21.